The van der Waals surface area contributed by atoms with Crippen LogP contribution < -0.4 is 10.9 Å². The Balaban J connectivity index is 1.25. The molecule has 6 nitrogen and oxygen atoms in total. The maximum atomic E-state index is 13.6. The molecule has 4 aromatic carbocycles. The molecule has 1 aliphatic heterocycles. The van der Waals surface area contributed by atoms with Crippen LogP contribution in [-0.4, -0.2) is 21.6 Å². The van der Waals surface area contributed by atoms with E-state index in [1.807, 2.05) is 30.3 Å². The van der Waals surface area contributed by atoms with Gasteiger partial charge in [0.1, 0.15) is 0 Å². The number of nitrogens with one attached hydrogen (secondary N) is 1. The van der Waals surface area contributed by atoms with Gasteiger partial charge in [-0.15, -0.1) is 0 Å². The van der Waals surface area contributed by atoms with E-state index in [0.29, 0.717) is 23.0 Å². The average Bonchev–Trinajstić information content (AvgIpc) is 3.44. The first-order valence-electron chi connectivity index (χ1n) is 12.9. The van der Waals surface area contributed by atoms with Gasteiger partial charge >= 0.3 is 0 Å². The van der Waals surface area contributed by atoms with Gasteiger partial charge in [0.25, 0.3) is 11.5 Å². The molecular weight excluding hydrogens is 554 g/mol. The first-order chi connectivity index (χ1) is 19.0. The lowest BCUT2D eigenvalue weighted by Crippen LogP contribution is -2.31. The third-order valence-electron chi connectivity index (χ3n) is 7.06. The molecular formula is C32H26BrN3O3. The monoisotopic (exact) mass is 579 g/mol. The molecule has 1 saturated heterocycles. The summed E-state index contributed by atoms with van der Waals surface area (Å²) in [6.45, 7) is 0.292. The van der Waals surface area contributed by atoms with Crippen molar-refractivity contribution in [2.24, 2.45) is 0 Å². The predicted octanol–water partition coefficient (Wildman–Crippen LogP) is 7.00. The van der Waals surface area contributed by atoms with E-state index in [1.165, 1.54) is 10.1 Å². The molecule has 194 valence electrons. The first-order valence-corrected chi connectivity index (χ1v) is 13.7. The van der Waals surface area contributed by atoms with Crippen molar-refractivity contribution in [3.8, 4) is 11.1 Å². The van der Waals surface area contributed by atoms with Crippen LogP contribution in [0.25, 0.3) is 22.0 Å². The fourth-order valence-corrected chi connectivity index (χ4v) is 5.38. The molecule has 1 N–H and O–H groups in total. The van der Waals surface area contributed by atoms with Gasteiger partial charge in [-0.1, -0.05) is 88.7 Å². The third kappa shape index (κ3) is 5.41. The van der Waals surface area contributed by atoms with Crippen LogP contribution in [0.5, 0.6) is 0 Å². The van der Waals surface area contributed by atoms with E-state index in [0.717, 1.165) is 28.4 Å². The summed E-state index contributed by atoms with van der Waals surface area (Å²) in [6, 6.07) is 33.0. The summed E-state index contributed by atoms with van der Waals surface area (Å²) in [4.78, 5) is 31.2. The zero-order valence-electron chi connectivity index (χ0n) is 21.1. The molecule has 39 heavy (non-hydrogen) atoms. The number of carbonyl (C=O) groups excluding carboxylic acids is 1. The third-order valence-corrected chi connectivity index (χ3v) is 7.56. The predicted molar refractivity (Wildman–Crippen MR) is 157 cm³/mol. The Kier molecular flexibility index (Phi) is 7.09. The van der Waals surface area contributed by atoms with Crippen LogP contribution in [0.4, 0.5) is 5.95 Å². The normalized spacial score (nSPS) is 16.8. The molecule has 2 heterocycles. The van der Waals surface area contributed by atoms with Crippen molar-refractivity contribution in [1.82, 2.24) is 9.55 Å². The number of benzene rings is 4. The van der Waals surface area contributed by atoms with Gasteiger partial charge in [0.2, 0.25) is 5.95 Å². The number of carbonyl (C=O) groups is 1. The van der Waals surface area contributed by atoms with Crippen molar-refractivity contribution >= 4 is 38.7 Å². The van der Waals surface area contributed by atoms with Crippen molar-refractivity contribution in [2.75, 3.05) is 5.32 Å². The Morgan fingerprint density at radius 1 is 0.897 bits per heavy atom. The average molecular weight is 580 g/mol. The number of hydrogen-bond acceptors (Lipinski definition) is 4. The molecule has 2 unspecified atom stereocenters. The topological polar surface area (TPSA) is 73.2 Å². The first kappa shape index (κ1) is 25.2. The standard InChI is InChI=1S/C32H26BrN3O3/c33-25-15-17-27-28(19-25)34-32(35-30(37)24-9-5-2-6-10-24)36(31(27)38)20-26-16-18-29(39-26)23-13-11-22(12-14-23)21-7-3-1-4-8-21/h1-15,17,19,26,29H,16,18,20H2,(H,34,35,37). The molecule has 1 amide bonds. The highest BCUT2D eigenvalue weighted by Crippen LogP contribution is 2.34. The maximum Gasteiger partial charge on any atom is 0.262 e. The van der Waals surface area contributed by atoms with Gasteiger partial charge < -0.3 is 4.74 Å². The van der Waals surface area contributed by atoms with Gasteiger partial charge in [0.15, 0.2) is 0 Å². The summed E-state index contributed by atoms with van der Waals surface area (Å²) in [6.07, 6.45) is 1.40. The summed E-state index contributed by atoms with van der Waals surface area (Å²) in [7, 11) is 0. The number of hydrogen-bond donors (Lipinski definition) is 1. The minimum Gasteiger partial charge on any atom is -0.368 e. The molecule has 0 radical (unpaired) electrons. The van der Waals surface area contributed by atoms with Crippen molar-refractivity contribution in [2.45, 2.75) is 31.6 Å². The van der Waals surface area contributed by atoms with Crippen LogP contribution in [0.2, 0.25) is 0 Å². The zero-order valence-corrected chi connectivity index (χ0v) is 22.7. The minimum absolute atomic E-state index is 0.0535. The van der Waals surface area contributed by atoms with E-state index in [9.17, 15) is 9.59 Å². The molecule has 2 atom stereocenters. The van der Waals surface area contributed by atoms with Crippen molar-refractivity contribution in [3.05, 3.63) is 129 Å². The van der Waals surface area contributed by atoms with Gasteiger partial charge in [-0.2, -0.15) is 0 Å². The second-order valence-corrected chi connectivity index (χ2v) is 10.6. The SMILES string of the molecule is O=C(Nc1nc2cc(Br)ccc2c(=O)n1CC1CCC(c2ccc(-c3ccccc3)cc2)O1)c1ccccc1. The van der Waals surface area contributed by atoms with E-state index in [2.05, 4.69) is 62.6 Å². The van der Waals surface area contributed by atoms with Gasteiger partial charge in [-0.05, 0) is 59.9 Å². The maximum absolute atomic E-state index is 13.6. The minimum atomic E-state index is -0.325. The van der Waals surface area contributed by atoms with E-state index >= 15 is 0 Å². The van der Waals surface area contributed by atoms with Crippen LogP contribution in [0.1, 0.15) is 34.9 Å². The van der Waals surface area contributed by atoms with E-state index < -0.39 is 0 Å². The van der Waals surface area contributed by atoms with Crippen LogP contribution in [0.3, 0.4) is 0 Å². The number of fused-ring (bicyclic) bond motifs is 1. The molecule has 1 aromatic heterocycles. The highest BCUT2D eigenvalue weighted by molar-refractivity contribution is 9.10. The van der Waals surface area contributed by atoms with E-state index in [-0.39, 0.29) is 29.6 Å². The number of ether oxygens (including phenoxy) is 1. The van der Waals surface area contributed by atoms with Crippen LogP contribution in [0, 0.1) is 0 Å². The summed E-state index contributed by atoms with van der Waals surface area (Å²) in [5.41, 5.74) is 4.24. The Morgan fingerprint density at radius 3 is 2.33 bits per heavy atom. The summed E-state index contributed by atoms with van der Waals surface area (Å²) < 4.78 is 8.76. The van der Waals surface area contributed by atoms with Crippen molar-refractivity contribution in [1.29, 1.82) is 0 Å². The molecule has 1 fully saturated rings. The number of rotatable bonds is 6. The molecule has 6 rings (SSSR count). The van der Waals surface area contributed by atoms with Crippen molar-refractivity contribution in [3.63, 3.8) is 0 Å². The Labute approximate surface area is 234 Å². The molecule has 0 spiro atoms. The molecule has 0 saturated carbocycles. The quantitative estimate of drug-likeness (QED) is 0.235. The van der Waals surface area contributed by atoms with Gasteiger partial charge in [-0.25, -0.2) is 4.98 Å². The van der Waals surface area contributed by atoms with E-state index in [4.69, 9.17) is 4.74 Å². The fraction of sp³-hybridized carbons (Fsp3) is 0.156. The Morgan fingerprint density at radius 2 is 1.59 bits per heavy atom. The molecule has 5 aromatic rings. The largest absolute Gasteiger partial charge is 0.368 e. The number of amides is 1. The lowest BCUT2D eigenvalue weighted by atomic mass is 10.0. The molecule has 7 heteroatoms. The van der Waals surface area contributed by atoms with Crippen molar-refractivity contribution < 1.29 is 9.53 Å². The molecule has 0 bridgehead atoms. The summed E-state index contributed by atoms with van der Waals surface area (Å²) in [5.74, 6) is -0.118. The fourth-order valence-electron chi connectivity index (χ4n) is 5.03. The Bertz CT molecular complexity index is 1690. The van der Waals surface area contributed by atoms with E-state index in [1.54, 1.807) is 36.4 Å². The number of anilines is 1. The summed E-state index contributed by atoms with van der Waals surface area (Å²) >= 11 is 3.45. The highest BCUT2D eigenvalue weighted by atomic mass is 79.9. The van der Waals surface area contributed by atoms with Crippen LogP contribution in [-0.2, 0) is 11.3 Å². The van der Waals surface area contributed by atoms with Crippen LogP contribution >= 0.6 is 15.9 Å². The summed E-state index contributed by atoms with van der Waals surface area (Å²) in [5, 5.41) is 3.35. The zero-order chi connectivity index (χ0) is 26.8. The molecule has 0 aliphatic carbocycles. The molecule has 1 aliphatic rings. The number of halogens is 1. The lowest BCUT2D eigenvalue weighted by Gasteiger charge is -2.19. The van der Waals surface area contributed by atoms with Crippen LogP contribution in [0.15, 0.2) is 112 Å². The Hall–Kier alpha value is -4.07. The van der Waals surface area contributed by atoms with Gasteiger partial charge in [0.05, 0.1) is 29.7 Å². The smallest absolute Gasteiger partial charge is 0.262 e. The second-order valence-electron chi connectivity index (χ2n) is 9.64. The lowest BCUT2D eigenvalue weighted by molar-refractivity contribution is 0.0347. The number of nitrogens with zero attached hydrogens (tertiary/aromatic N) is 2. The highest BCUT2D eigenvalue weighted by Gasteiger charge is 2.28. The van der Waals surface area contributed by atoms with Gasteiger partial charge in [0, 0.05) is 10.0 Å². The second kappa shape index (κ2) is 11.0. The number of aromatic nitrogens is 2. The van der Waals surface area contributed by atoms with Gasteiger partial charge in [-0.3, -0.25) is 19.5 Å².